The van der Waals surface area contributed by atoms with Crippen LogP contribution in [0.5, 0.6) is 0 Å². The van der Waals surface area contributed by atoms with E-state index in [-0.39, 0.29) is 12.0 Å². The molecule has 2 aromatic carbocycles. The van der Waals surface area contributed by atoms with Gasteiger partial charge in [0, 0.05) is 26.1 Å². The summed E-state index contributed by atoms with van der Waals surface area (Å²) in [6, 6.07) is 16.6. The first-order valence-corrected chi connectivity index (χ1v) is 14.7. The molecule has 2 aromatic rings. The van der Waals surface area contributed by atoms with Crippen LogP contribution in [0.2, 0.25) is 0 Å². The van der Waals surface area contributed by atoms with Crippen molar-refractivity contribution >= 4 is 6.09 Å². The van der Waals surface area contributed by atoms with Crippen LogP contribution in [-0.2, 0) is 33.2 Å². The van der Waals surface area contributed by atoms with Crippen molar-refractivity contribution in [2.24, 2.45) is 0 Å². The maximum atomic E-state index is 12.6. The topological polar surface area (TPSA) is 88.2 Å². The van der Waals surface area contributed by atoms with Gasteiger partial charge in [-0.3, -0.25) is 0 Å². The highest BCUT2D eigenvalue weighted by molar-refractivity contribution is 5.79. The van der Waals surface area contributed by atoms with Crippen LogP contribution in [-0.4, -0.2) is 136 Å². The summed E-state index contributed by atoms with van der Waals surface area (Å²) in [7, 11) is 5.76. The first-order valence-electron chi connectivity index (χ1n) is 14.7. The van der Waals surface area contributed by atoms with Gasteiger partial charge in [-0.2, -0.15) is 0 Å². The molecule has 0 N–H and O–H groups in total. The molecule has 0 spiro atoms. The fourth-order valence-corrected chi connectivity index (χ4v) is 4.45. The maximum absolute atomic E-state index is 12.6. The number of rotatable bonds is 23. The summed E-state index contributed by atoms with van der Waals surface area (Å²) in [6.45, 7) is 7.94. The Morgan fingerprint density at radius 3 is 1.38 bits per heavy atom. The van der Waals surface area contributed by atoms with Gasteiger partial charge in [0.05, 0.1) is 79.3 Å². The highest BCUT2D eigenvalue weighted by Gasteiger charge is 2.29. The number of hydrogen-bond donors (Lipinski definition) is 0. The molecule has 10 nitrogen and oxygen atoms in total. The number of fused-ring (bicyclic) bond motifs is 3. The second-order valence-corrected chi connectivity index (χ2v) is 10.2. The van der Waals surface area contributed by atoms with Gasteiger partial charge < -0.3 is 43.0 Å². The van der Waals surface area contributed by atoms with Crippen molar-refractivity contribution in [2.45, 2.75) is 5.92 Å². The van der Waals surface area contributed by atoms with Gasteiger partial charge in [0.25, 0.3) is 0 Å². The van der Waals surface area contributed by atoms with Crippen molar-refractivity contribution in [1.29, 1.82) is 0 Å². The lowest BCUT2D eigenvalue weighted by Crippen LogP contribution is -2.32. The SMILES string of the molecule is CN(C)CCOCCOCCOCCOCCOCCOCCN(C)C(=O)OCC1c2ccccc2-c2ccccc21. The predicted octanol–water partition coefficient (Wildman–Crippen LogP) is 3.53. The number of amides is 1. The molecule has 42 heavy (non-hydrogen) atoms. The van der Waals surface area contributed by atoms with Crippen molar-refractivity contribution in [1.82, 2.24) is 9.80 Å². The van der Waals surface area contributed by atoms with E-state index in [0.717, 1.165) is 6.54 Å². The first-order chi connectivity index (χ1) is 20.6. The van der Waals surface area contributed by atoms with Crippen LogP contribution in [0.15, 0.2) is 48.5 Å². The number of hydrogen-bond acceptors (Lipinski definition) is 9. The molecule has 0 bridgehead atoms. The van der Waals surface area contributed by atoms with Gasteiger partial charge >= 0.3 is 6.09 Å². The molecule has 0 saturated heterocycles. The summed E-state index contributed by atoms with van der Waals surface area (Å²) in [4.78, 5) is 16.2. The highest BCUT2D eigenvalue weighted by Crippen LogP contribution is 2.44. The summed E-state index contributed by atoms with van der Waals surface area (Å²) < 4.78 is 38.7. The van der Waals surface area contributed by atoms with E-state index < -0.39 is 0 Å². The Morgan fingerprint density at radius 1 is 0.571 bits per heavy atom. The molecule has 0 fully saturated rings. The summed E-state index contributed by atoms with van der Waals surface area (Å²) in [5.41, 5.74) is 4.82. The second-order valence-electron chi connectivity index (χ2n) is 10.2. The van der Waals surface area contributed by atoms with Crippen molar-refractivity contribution in [3.05, 3.63) is 59.7 Å². The van der Waals surface area contributed by atoms with E-state index in [0.29, 0.717) is 92.4 Å². The van der Waals surface area contributed by atoms with Crippen LogP contribution in [0.3, 0.4) is 0 Å². The molecule has 10 heteroatoms. The third-order valence-electron chi connectivity index (χ3n) is 6.76. The van der Waals surface area contributed by atoms with Gasteiger partial charge in [-0.15, -0.1) is 0 Å². The fourth-order valence-electron chi connectivity index (χ4n) is 4.45. The lowest BCUT2D eigenvalue weighted by Gasteiger charge is -2.19. The first kappa shape index (κ1) is 33.9. The lowest BCUT2D eigenvalue weighted by atomic mass is 9.98. The number of nitrogens with zero attached hydrogens (tertiary/aromatic N) is 2. The van der Waals surface area contributed by atoms with Crippen LogP contribution in [0.25, 0.3) is 11.1 Å². The zero-order valence-corrected chi connectivity index (χ0v) is 25.5. The molecule has 0 radical (unpaired) electrons. The average Bonchev–Trinajstić information content (AvgIpc) is 3.32. The van der Waals surface area contributed by atoms with E-state index in [9.17, 15) is 4.79 Å². The van der Waals surface area contributed by atoms with Crippen molar-refractivity contribution < 1.29 is 38.0 Å². The summed E-state index contributed by atoms with van der Waals surface area (Å²) >= 11 is 0. The third kappa shape index (κ3) is 12.3. The normalized spacial score (nSPS) is 12.5. The molecule has 1 aliphatic carbocycles. The van der Waals surface area contributed by atoms with E-state index in [4.69, 9.17) is 33.2 Å². The summed E-state index contributed by atoms with van der Waals surface area (Å²) in [6.07, 6.45) is -0.355. The Hall–Kier alpha value is -2.57. The predicted molar refractivity (Wildman–Crippen MR) is 161 cm³/mol. The highest BCUT2D eigenvalue weighted by atomic mass is 16.6. The molecule has 0 aromatic heterocycles. The standard InChI is InChI=1S/C32H48N2O8/c1-33(2)12-14-36-16-18-38-20-22-40-24-25-41-23-21-39-19-17-37-15-13-34(3)32(35)42-26-31-29-10-6-4-8-27(29)28-9-5-7-11-30(28)31/h4-11,31H,12-26H2,1-3H3. The molecular formula is C32H48N2O8. The molecule has 3 rings (SSSR count). The van der Waals surface area contributed by atoms with Crippen molar-refractivity contribution in [3.8, 4) is 11.1 Å². The second kappa shape index (κ2) is 20.4. The Bertz CT molecular complexity index is 976. The number of ether oxygens (including phenoxy) is 7. The minimum absolute atomic E-state index is 0.0492. The van der Waals surface area contributed by atoms with Crippen molar-refractivity contribution in [2.75, 3.05) is 120 Å². The summed E-state index contributed by atoms with van der Waals surface area (Å²) in [5, 5.41) is 0. The monoisotopic (exact) mass is 588 g/mol. The quantitative estimate of drug-likeness (QED) is 0.181. The molecule has 234 valence electrons. The minimum atomic E-state index is -0.355. The Labute approximate surface area is 250 Å². The average molecular weight is 589 g/mol. The number of carbonyl (C=O) groups excluding carboxylic acids is 1. The molecule has 0 atom stereocenters. The molecule has 0 saturated carbocycles. The number of likely N-dealkylation sites (N-methyl/N-ethyl adjacent to an activating group) is 2. The van der Waals surface area contributed by atoms with Crippen LogP contribution < -0.4 is 0 Å². The van der Waals surface area contributed by atoms with Crippen LogP contribution >= 0.6 is 0 Å². The molecule has 0 heterocycles. The van der Waals surface area contributed by atoms with Gasteiger partial charge in [-0.25, -0.2) is 4.79 Å². The van der Waals surface area contributed by atoms with Gasteiger partial charge in [0.2, 0.25) is 0 Å². The smallest absolute Gasteiger partial charge is 0.409 e. The van der Waals surface area contributed by atoms with E-state index in [1.807, 2.05) is 38.4 Å². The fraction of sp³-hybridized carbons (Fsp3) is 0.594. The van der Waals surface area contributed by atoms with E-state index in [2.05, 4.69) is 29.2 Å². The molecule has 1 amide bonds. The van der Waals surface area contributed by atoms with Gasteiger partial charge in [0.15, 0.2) is 0 Å². The van der Waals surface area contributed by atoms with Gasteiger partial charge in [-0.05, 0) is 36.3 Å². The van der Waals surface area contributed by atoms with Crippen LogP contribution in [0.4, 0.5) is 4.79 Å². The number of benzene rings is 2. The van der Waals surface area contributed by atoms with E-state index in [1.165, 1.54) is 27.2 Å². The third-order valence-corrected chi connectivity index (χ3v) is 6.76. The summed E-state index contributed by atoms with van der Waals surface area (Å²) in [5.74, 6) is 0.0492. The zero-order valence-electron chi connectivity index (χ0n) is 25.5. The zero-order chi connectivity index (χ0) is 29.8. The van der Waals surface area contributed by atoms with E-state index >= 15 is 0 Å². The Kier molecular flexibility index (Phi) is 16.4. The minimum Gasteiger partial charge on any atom is -0.448 e. The molecule has 0 aliphatic heterocycles. The Morgan fingerprint density at radius 2 is 0.952 bits per heavy atom. The lowest BCUT2D eigenvalue weighted by molar-refractivity contribution is -0.0176. The maximum Gasteiger partial charge on any atom is 0.409 e. The van der Waals surface area contributed by atoms with Crippen LogP contribution in [0.1, 0.15) is 17.0 Å². The van der Waals surface area contributed by atoms with Gasteiger partial charge in [-0.1, -0.05) is 48.5 Å². The van der Waals surface area contributed by atoms with Gasteiger partial charge in [0.1, 0.15) is 6.61 Å². The van der Waals surface area contributed by atoms with Crippen LogP contribution in [0, 0.1) is 0 Å². The molecule has 1 aliphatic rings. The molecule has 0 unspecified atom stereocenters. The number of carbonyl (C=O) groups is 1. The molecular weight excluding hydrogens is 540 g/mol. The van der Waals surface area contributed by atoms with Crippen molar-refractivity contribution in [3.63, 3.8) is 0 Å². The Balaban J connectivity index is 1.10. The van der Waals surface area contributed by atoms with E-state index in [1.54, 1.807) is 7.05 Å². The largest absolute Gasteiger partial charge is 0.448 e.